The van der Waals surface area contributed by atoms with Gasteiger partial charge in [0, 0.05) is 30.8 Å². The first-order chi connectivity index (χ1) is 29.9. The molecular weight excluding hydrogens is 793 g/mol. The van der Waals surface area contributed by atoms with Gasteiger partial charge >= 0.3 is 29.8 Å². The summed E-state index contributed by atoms with van der Waals surface area (Å²) >= 11 is 0. The Kier molecular flexibility index (Phi) is 22.2. The average molecular weight is 849 g/mol. The largest absolute Gasteiger partial charge is 0.478 e. The van der Waals surface area contributed by atoms with E-state index < -0.39 is 47.3 Å². The number of aromatic carboxylic acids is 1. The van der Waals surface area contributed by atoms with Gasteiger partial charge in [0.2, 0.25) is 0 Å². The van der Waals surface area contributed by atoms with Gasteiger partial charge in [0.25, 0.3) is 5.91 Å². The fourth-order valence-corrected chi connectivity index (χ4v) is 5.54. The molecule has 1 atom stereocenters. The van der Waals surface area contributed by atoms with E-state index >= 15 is 0 Å². The van der Waals surface area contributed by atoms with Crippen molar-refractivity contribution in [2.45, 2.75) is 84.7 Å². The maximum atomic E-state index is 13.6. The molecule has 62 heavy (non-hydrogen) atoms. The zero-order chi connectivity index (χ0) is 45.0. The van der Waals surface area contributed by atoms with Gasteiger partial charge in [-0.3, -0.25) is 19.4 Å². The summed E-state index contributed by atoms with van der Waals surface area (Å²) in [6, 6.07) is 14.3. The van der Waals surface area contributed by atoms with Crippen LogP contribution in [0.2, 0.25) is 0 Å². The summed E-state index contributed by atoms with van der Waals surface area (Å²) in [4.78, 5) is 80.6. The first kappa shape index (κ1) is 49.5. The molecule has 3 aromatic rings. The number of carboxylic acids is 1. The summed E-state index contributed by atoms with van der Waals surface area (Å²) in [5.74, 6) is -5.47. The monoisotopic (exact) mass is 848 g/mol. The molecule has 0 aliphatic carbocycles. The smallest absolute Gasteiger partial charge is 0.347 e. The maximum absolute atomic E-state index is 13.6. The SMILES string of the molecule is CC/C=C\C/C=C\C/C=C\C/C=C\C/C=C\CCCC(=O)OCC(C)(C)[C@@H](OC(=O)c1cccnc1)C(=O)NCCC(=O)Oc1ccccc1C(=O)Oc1ccccc1C(=O)O. The maximum Gasteiger partial charge on any atom is 0.347 e. The van der Waals surface area contributed by atoms with E-state index in [-0.39, 0.29) is 54.2 Å². The van der Waals surface area contributed by atoms with Crippen LogP contribution in [-0.2, 0) is 23.9 Å². The second-order valence-corrected chi connectivity index (χ2v) is 14.5. The van der Waals surface area contributed by atoms with E-state index in [0.29, 0.717) is 12.8 Å². The summed E-state index contributed by atoms with van der Waals surface area (Å²) in [6.45, 7) is 4.84. The molecule has 0 saturated carbocycles. The third-order valence-electron chi connectivity index (χ3n) is 8.86. The number of aromatic nitrogens is 1. The number of pyridine rings is 1. The average Bonchev–Trinajstić information content (AvgIpc) is 3.26. The lowest BCUT2D eigenvalue weighted by Crippen LogP contribution is -2.49. The number of nitrogens with zero attached hydrogens (tertiary/aromatic N) is 1. The summed E-state index contributed by atoms with van der Waals surface area (Å²) in [5.41, 5.74) is -1.48. The number of carboxylic acid groups (broad SMARTS) is 1. The Morgan fingerprint density at radius 3 is 1.87 bits per heavy atom. The van der Waals surface area contributed by atoms with Crippen LogP contribution in [-0.4, -0.2) is 65.1 Å². The van der Waals surface area contributed by atoms with Crippen molar-refractivity contribution in [3.63, 3.8) is 0 Å². The highest BCUT2D eigenvalue weighted by Gasteiger charge is 2.40. The highest BCUT2D eigenvalue weighted by molar-refractivity contribution is 5.97. The van der Waals surface area contributed by atoms with Crippen molar-refractivity contribution >= 4 is 35.8 Å². The van der Waals surface area contributed by atoms with Crippen LogP contribution in [0.3, 0.4) is 0 Å². The minimum Gasteiger partial charge on any atom is -0.478 e. The van der Waals surface area contributed by atoms with Crippen LogP contribution in [0.5, 0.6) is 11.5 Å². The van der Waals surface area contributed by atoms with Crippen LogP contribution in [0, 0.1) is 5.41 Å². The molecule has 0 spiro atoms. The molecule has 0 aliphatic rings. The Hall–Kier alpha value is -6.89. The number of esters is 4. The van der Waals surface area contributed by atoms with Gasteiger partial charge in [0.15, 0.2) is 6.10 Å². The van der Waals surface area contributed by atoms with Crippen molar-refractivity contribution in [1.29, 1.82) is 0 Å². The van der Waals surface area contributed by atoms with E-state index in [4.69, 9.17) is 18.9 Å². The molecule has 0 radical (unpaired) electrons. The number of rotatable bonds is 26. The van der Waals surface area contributed by atoms with Gasteiger partial charge in [-0.15, -0.1) is 0 Å². The summed E-state index contributed by atoms with van der Waals surface area (Å²) in [5, 5.41) is 12.0. The number of para-hydroxylation sites is 2. The molecule has 0 unspecified atom stereocenters. The summed E-state index contributed by atoms with van der Waals surface area (Å²) in [7, 11) is 0. The molecule has 0 fully saturated rings. The number of unbranched alkanes of at least 4 members (excludes halogenated alkanes) is 1. The number of hydrogen-bond acceptors (Lipinski definition) is 11. The number of carbonyl (C=O) groups excluding carboxylic acids is 5. The van der Waals surface area contributed by atoms with Gasteiger partial charge in [0.05, 0.1) is 12.0 Å². The Balaban J connectivity index is 1.49. The molecule has 0 aliphatic heterocycles. The lowest BCUT2D eigenvalue weighted by Gasteiger charge is -2.32. The quantitative estimate of drug-likeness (QED) is 0.0339. The standard InChI is InChI=1S/C49H56N2O11/c1-4-5-6-7-8-9-10-11-12-13-14-15-16-17-18-19-20-31-42(52)59-36-49(2,3)44(62-47(57)37-26-25-33-50-35-37)45(54)51-34-32-43(53)60-41-30-24-22-28-39(41)48(58)61-40-29-23-21-27-38(40)46(55)56/h5-6,8-9,11-12,14-15,17-18,21-30,33,35,44H,4,7,10,13,16,19-20,31-32,34,36H2,1-3H3,(H,51,54)(H,55,56)/b6-5-,9-8-,12-11-,15-14-,18-17-/t44-/m0/s1. The fourth-order valence-electron chi connectivity index (χ4n) is 5.54. The van der Waals surface area contributed by atoms with Gasteiger partial charge in [-0.2, -0.15) is 0 Å². The van der Waals surface area contributed by atoms with Crippen molar-refractivity contribution in [2.75, 3.05) is 13.2 Å². The van der Waals surface area contributed by atoms with Crippen LogP contribution < -0.4 is 14.8 Å². The number of carbonyl (C=O) groups is 6. The van der Waals surface area contributed by atoms with Crippen molar-refractivity contribution in [3.05, 3.63) is 151 Å². The summed E-state index contributed by atoms with van der Waals surface area (Å²) in [6.07, 6.45) is 28.1. The molecule has 3 rings (SSSR count). The van der Waals surface area contributed by atoms with Crippen molar-refractivity contribution in [3.8, 4) is 11.5 Å². The molecule has 1 heterocycles. The highest BCUT2D eigenvalue weighted by Crippen LogP contribution is 2.27. The Morgan fingerprint density at radius 2 is 1.27 bits per heavy atom. The van der Waals surface area contributed by atoms with Crippen LogP contribution >= 0.6 is 0 Å². The van der Waals surface area contributed by atoms with Gasteiger partial charge in [-0.25, -0.2) is 14.4 Å². The third-order valence-corrected chi connectivity index (χ3v) is 8.86. The number of allylic oxidation sites excluding steroid dienone is 10. The second-order valence-electron chi connectivity index (χ2n) is 14.5. The normalized spacial score (nSPS) is 12.2. The molecule has 13 heteroatoms. The van der Waals surface area contributed by atoms with E-state index in [1.807, 2.05) is 12.2 Å². The van der Waals surface area contributed by atoms with E-state index in [0.717, 1.165) is 32.1 Å². The predicted octanol–water partition coefficient (Wildman–Crippen LogP) is 9.13. The highest BCUT2D eigenvalue weighted by atomic mass is 16.6. The molecule has 13 nitrogen and oxygen atoms in total. The Labute approximate surface area is 363 Å². The van der Waals surface area contributed by atoms with Crippen molar-refractivity contribution < 1.29 is 52.8 Å². The molecule has 1 aromatic heterocycles. The molecule has 0 saturated heterocycles. The number of benzene rings is 2. The Morgan fingerprint density at radius 1 is 0.694 bits per heavy atom. The van der Waals surface area contributed by atoms with E-state index in [2.05, 4.69) is 65.8 Å². The van der Waals surface area contributed by atoms with Crippen molar-refractivity contribution in [1.82, 2.24) is 10.3 Å². The fraction of sp³-hybridized carbons (Fsp3) is 0.327. The van der Waals surface area contributed by atoms with Crippen LogP contribution in [0.1, 0.15) is 110 Å². The Bertz CT molecular complexity index is 2080. The number of ether oxygens (including phenoxy) is 4. The minimum absolute atomic E-state index is 0.0976. The molecule has 328 valence electrons. The van der Waals surface area contributed by atoms with Crippen LogP contribution in [0.4, 0.5) is 0 Å². The topological polar surface area (TPSA) is 184 Å². The van der Waals surface area contributed by atoms with Gasteiger partial charge in [-0.1, -0.05) is 106 Å². The molecule has 2 N–H and O–H groups in total. The zero-order valence-corrected chi connectivity index (χ0v) is 35.5. The third kappa shape index (κ3) is 18.6. The van der Waals surface area contributed by atoms with Gasteiger partial charge in [0.1, 0.15) is 29.2 Å². The second kappa shape index (κ2) is 27.8. The number of nitrogens with one attached hydrogen (secondary N) is 1. The number of hydrogen-bond donors (Lipinski definition) is 2. The molecule has 2 aromatic carbocycles. The number of amides is 1. The molecule has 1 amide bonds. The predicted molar refractivity (Wildman–Crippen MR) is 235 cm³/mol. The molecular formula is C49H56N2O11. The zero-order valence-electron chi connectivity index (χ0n) is 35.5. The summed E-state index contributed by atoms with van der Waals surface area (Å²) < 4.78 is 21.9. The van der Waals surface area contributed by atoms with Crippen LogP contribution in [0.15, 0.2) is 134 Å². The lowest BCUT2D eigenvalue weighted by atomic mass is 9.86. The first-order valence-electron chi connectivity index (χ1n) is 20.6. The minimum atomic E-state index is -1.45. The van der Waals surface area contributed by atoms with Gasteiger partial charge in [-0.05, 0) is 81.3 Å². The van der Waals surface area contributed by atoms with Crippen molar-refractivity contribution in [2.24, 2.45) is 5.41 Å². The lowest BCUT2D eigenvalue weighted by molar-refractivity contribution is -0.153. The van der Waals surface area contributed by atoms with Gasteiger partial charge < -0.3 is 29.4 Å². The molecule has 0 bridgehead atoms. The van der Waals surface area contributed by atoms with E-state index in [1.165, 1.54) is 73.1 Å². The van der Waals surface area contributed by atoms with E-state index in [1.54, 1.807) is 13.8 Å². The van der Waals surface area contributed by atoms with Crippen LogP contribution in [0.25, 0.3) is 0 Å². The first-order valence-corrected chi connectivity index (χ1v) is 20.6. The van der Waals surface area contributed by atoms with E-state index in [9.17, 15) is 33.9 Å².